The lowest BCUT2D eigenvalue weighted by Gasteiger charge is -2.24. The summed E-state index contributed by atoms with van der Waals surface area (Å²) in [6.45, 7) is 5.99. The van der Waals surface area contributed by atoms with Gasteiger partial charge in [-0.2, -0.15) is 5.10 Å². The molecule has 0 bridgehead atoms. The molecule has 3 heterocycles. The fraction of sp³-hybridized carbons (Fsp3) is 0.444. The third-order valence-electron chi connectivity index (χ3n) is 4.31. The van der Waals surface area contributed by atoms with Crippen molar-refractivity contribution in [2.24, 2.45) is 5.92 Å². The summed E-state index contributed by atoms with van der Waals surface area (Å²) in [5.41, 5.74) is 2.36. The first kappa shape index (κ1) is 16.0. The smallest absolute Gasteiger partial charge is 0.271 e. The molecular weight excluding hydrogens is 322 g/mol. The monoisotopic (exact) mass is 343 g/mol. The van der Waals surface area contributed by atoms with E-state index in [1.54, 1.807) is 6.07 Å². The van der Waals surface area contributed by atoms with Crippen LogP contribution in [0.5, 0.6) is 11.5 Å². The molecule has 132 valence electrons. The molecule has 4 rings (SSSR count). The van der Waals surface area contributed by atoms with Crippen LogP contribution < -0.4 is 14.8 Å². The van der Waals surface area contributed by atoms with Crippen LogP contribution in [0, 0.1) is 5.92 Å². The van der Waals surface area contributed by atoms with Gasteiger partial charge in [-0.1, -0.05) is 19.9 Å². The fourth-order valence-corrected chi connectivity index (χ4v) is 2.94. The number of hydrogen-bond donors (Lipinski definition) is 1. The number of ether oxygens (including phenoxy) is 3. The van der Waals surface area contributed by atoms with E-state index in [0.717, 1.165) is 22.8 Å². The van der Waals surface area contributed by atoms with Crippen molar-refractivity contribution >= 4 is 5.91 Å². The van der Waals surface area contributed by atoms with Gasteiger partial charge in [0.15, 0.2) is 17.2 Å². The first-order valence-corrected chi connectivity index (χ1v) is 8.46. The lowest BCUT2D eigenvalue weighted by atomic mass is 10.1. The number of benzene rings is 1. The van der Waals surface area contributed by atoms with Crippen molar-refractivity contribution in [3.63, 3.8) is 0 Å². The van der Waals surface area contributed by atoms with Gasteiger partial charge in [0.05, 0.1) is 18.8 Å². The van der Waals surface area contributed by atoms with Crippen LogP contribution in [0.4, 0.5) is 0 Å². The van der Waals surface area contributed by atoms with Gasteiger partial charge >= 0.3 is 0 Å². The molecule has 0 spiro atoms. The zero-order valence-electron chi connectivity index (χ0n) is 14.3. The molecule has 0 unspecified atom stereocenters. The summed E-state index contributed by atoms with van der Waals surface area (Å²) in [6, 6.07) is 7.61. The van der Waals surface area contributed by atoms with Crippen molar-refractivity contribution in [3.8, 4) is 11.5 Å². The second-order valence-corrected chi connectivity index (χ2v) is 6.72. The van der Waals surface area contributed by atoms with Gasteiger partial charge < -0.3 is 19.5 Å². The van der Waals surface area contributed by atoms with Crippen LogP contribution in [0.25, 0.3) is 0 Å². The summed E-state index contributed by atoms with van der Waals surface area (Å²) in [7, 11) is 0. The highest BCUT2D eigenvalue weighted by Gasteiger charge is 2.25. The van der Waals surface area contributed by atoms with Crippen molar-refractivity contribution in [3.05, 3.63) is 41.2 Å². The maximum Gasteiger partial charge on any atom is 0.271 e. The van der Waals surface area contributed by atoms with E-state index in [1.807, 2.05) is 22.9 Å². The van der Waals surface area contributed by atoms with E-state index in [0.29, 0.717) is 31.3 Å². The predicted octanol–water partition coefficient (Wildman–Crippen LogP) is 2.27. The Labute approximate surface area is 145 Å². The summed E-state index contributed by atoms with van der Waals surface area (Å²) in [4.78, 5) is 12.2. The van der Waals surface area contributed by atoms with Crippen LogP contribution in [0.3, 0.4) is 0 Å². The van der Waals surface area contributed by atoms with Crippen LogP contribution in [0.15, 0.2) is 24.3 Å². The number of rotatable bonds is 4. The molecule has 0 saturated heterocycles. The van der Waals surface area contributed by atoms with Gasteiger partial charge in [0.25, 0.3) is 5.91 Å². The number of amides is 1. The van der Waals surface area contributed by atoms with Gasteiger partial charge in [-0.3, -0.25) is 9.48 Å². The van der Waals surface area contributed by atoms with E-state index in [2.05, 4.69) is 24.3 Å². The van der Waals surface area contributed by atoms with E-state index in [4.69, 9.17) is 14.2 Å². The third-order valence-corrected chi connectivity index (χ3v) is 4.31. The summed E-state index contributed by atoms with van der Waals surface area (Å²) >= 11 is 0. The molecule has 1 amide bonds. The number of aromatic nitrogens is 2. The molecule has 2 aliphatic heterocycles. The first-order valence-electron chi connectivity index (χ1n) is 8.46. The maximum atomic E-state index is 12.2. The molecular formula is C18H21N3O4. The highest BCUT2D eigenvalue weighted by Crippen LogP contribution is 2.36. The molecule has 1 aromatic carbocycles. The van der Waals surface area contributed by atoms with Crippen LogP contribution in [-0.4, -0.2) is 29.0 Å². The molecule has 2 aliphatic rings. The highest BCUT2D eigenvalue weighted by atomic mass is 16.7. The number of fused-ring (bicyclic) bond motifs is 2. The molecule has 1 aromatic heterocycles. The average Bonchev–Trinajstić information content (AvgIpc) is 3.24. The highest BCUT2D eigenvalue weighted by molar-refractivity contribution is 5.92. The van der Waals surface area contributed by atoms with Crippen LogP contribution in [0.2, 0.25) is 0 Å². The number of carbonyl (C=O) groups excluding carboxylic acids is 1. The third kappa shape index (κ3) is 3.19. The molecule has 0 aliphatic carbocycles. The van der Waals surface area contributed by atoms with Gasteiger partial charge in [-0.25, -0.2) is 0 Å². The Morgan fingerprint density at radius 1 is 1.32 bits per heavy atom. The van der Waals surface area contributed by atoms with Crippen LogP contribution >= 0.6 is 0 Å². The Bertz CT molecular complexity index is 800. The van der Waals surface area contributed by atoms with Crippen molar-refractivity contribution in [1.29, 1.82) is 0 Å². The Morgan fingerprint density at radius 2 is 2.16 bits per heavy atom. The van der Waals surface area contributed by atoms with E-state index < -0.39 is 0 Å². The van der Waals surface area contributed by atoms with E-state index >= 15 is 0 Å². The van der Waals surface area contributed by atoms with Crippen LogP contribution in [0.1, 0.15) is 41.7 Å². The Kier molecular flexibility index (Phi) is 4.09. The zero-order chi connectivity index (χ0) is 17.4. The molecule has 1 atom stereocenters. The summed E-state index contributed by atoms with van der Waals surface area (Å²) in [6.07, 6.45) is -0.131. The largest absolute Gasteiger partial charge is 0.454 e. The van der Waals surface area contributed by atoms with Gasteiger partial charge in [0, 0.05) is 6.54 Å². The van der Waals surface area contributed by atoms with Gasteiger partial charge in [0.1, 0.15) is 6.10 Å². The molecule has 1 N–H and O–H groups in total. The zero-order valence-corrected chi connectivity index (χ0v) is 14.3. The summed E-state index contributed by atoms with van der Waals surface area (Å²) in [5.74, 6) is 1.75. The molecule has 0 saturated carbocycles. The topological polar surface area (TPSA) is 74.6 Å². The second kappa shape index (κ2) is 6.40. The van der Waals surface area contributed by atoms with E-state index in [-0.39, 0.29) is 18.8 Å². The van der Waals surface area contributed by atoms with E-state index in [9.17, 15) is 4.79 Å². The minimum absolute atomic E-state index is 0.131. The Balaban J connectivity index is 1.49. The van der Waals surface area contributed by atoms with Gasteiger partial charge in [0.2, 0.25) is 6.79 Å². The minimum atomic E-state index is -0.143. The lowest BCUT2D eigenvalue weighted by Crippen LogP contribution is -2.28. The number of carbonyl (C=O) groups is 1. The fourth-order valence-electron chi connectivity index (χ4n) is 2.94. The lowest BCUT2D eigenvalue weighted by molar-refractivity contribution is -0.00128. The molecule has 2 aromatic rings. The second-order valence-electron chi connectivity index (χ2n) is 6.72. The maximum absolute atomic E-state index is 12.2. The number of hydrogen-bond acceptors (Lipinski definition) is 5. The van der Waals surface area contributed by atoms with Crippen molar-refractivity contribution in [2.75, 3.05) is 13.3 Å². The minimum Gasteiger partial charge on any atom is -0.454 e. The average molecular weight is 343 g/mol. The Morgan fingerprint density at radius 3 is 3.00 bits per heavy atom. The van der Waals surface area contributed by atoms with Gasteiger partial charge in [-0.15, -0.1) is 0 Å². The first-order chi connectivity index (χ1) is 12.1. The quantitative estimate of drug-likeness (QED) is 0.922. The van der Waals surface area contributed by atoms with E-state index in [1.165, 1.54) is 0 Å². The standard InChI is InChI=1S/C18H21N3O4/c1-11(2)7-19-18(22)14-6-13-9-23-17(8-21(13)20-14)12-3-4-15-16(5-12)25-10-24-15/h3-6,11,17H,7-10H2,1-2H3,(H,19,22)/t17-/m1/s1. The SMILES string of the molecule is CC(C)CNC(=O)c1cc2n(n1)C[C@H](c1ccc3c(c1)OCO3)OC2. The molecule has 7 heteroatoms. The summed E-state index contributed by atoms with van der Waals surface area (Å²) < 4.78 is 18.6. The normalized spacial score (nSPS) is 18.3. The van der Waals surface area contributed by atoms with Gasteiger partial charge in [-0.05, 0) is 29.7 Å². The number of nitrogens with zero attached hydrogens (tertiary/aromatic N) is 2. The molecule has 0 radical (unpaired) electrons. The van der Waals surface area contributed by atoms with Crippen molar-refractivity contribution < 1.29 is 19.0 Å². The molecule has 7 nitrogen and oxygen atoms in total. The molecule has 25 heavy (non-hydrogen) atoms. The van der Waals surface area contributed by atoms with Crippen molar-refractivity contribution in [2.45, 2.75) is 33.1 Å². The van der Waals surface area contributed by atoms with Crippen molar-refractivity contribution in [1.82, 2.24) is 15.1 Å². The summed E-state index contributed by atoms with van der Waals surface area (Å²) in [5, 5.41) is 7.34. The number of nitrogens with one attached hydrogen (secondary N) is 1. The van der Waals surface area contributed by atoms with Crippen LogP contribution in [-0.2, 0) is 17.9 Å². The Hall–Kier alpha value is -2.54. The molecule has 0 fully saturated rings. The predicted molar refractivity (Wildman–Crippen MR) is 89.5 cm³/mol.